The number of piperidine rings is 2. The number of aromatic nitrogens is 2. The van der Waals surface area contributed by atoms with Crippen molar-refractivity contribution in [3.63, 3.8) is 0 Å². The van der Waals surface area contributed by atoms with Crippen molar-refractivity contribution in [1.29, 1.82) is 0 Å². The molecular weight excluding hydrogens is 558 g/mol. The molecule has 6 rings (SSSR count). The SMILES string of the molecule is CN1C(COc2cccnc2F)CC2CC21OC(=O)C(O)C(O)C(=O)OC12CC1CC(COc1cccnc1F)N2C. The maximum Gasteiger partial charge on any atom is 0.340 e. The van der Waals surface area contributed by atoms with Crippen LogP contribution in [0.2, 0.25) is 0 Å². The van der Waals surface area contributed by atoms with E-state index in [1.165, 1.54) is 24.5 Å². The first-order valence-corrected chi connectivity index (χ1v) is 13.8. The summed E-state index contributed by atoms with van der Waals surface area (Å²) in [5, 5.41) is 21.0. The van der Waals surface area contributed by atoms with Crippen LogP contribution in [0, 0.1) is 23.7 Å². The minimum absolute atomic E-state index is 0.0149. The summed E-state index contributed by atoms with van der Waals surface area (Å²) < 4.78 is 50.0. The number of halogens is 2. The molecular formula is C28H32F2N4O8. The first-order valence-electron chi connectivity index (χ1n) is 13.8. The van der Waals surface area contributed by atoms with E-state index >= 15 is 0 Å². The Morgan fingerprint density at radius 2 is 1.26 bits per heavy atom. The average molecular weight is 591 g/mol. The zero-order chi connectivity index (χ0) is 29.8. The van der Waals surface area contributed by atoms with Crippen LogP contribution in [-0.2, 0) is 19.1 Å². The highest BCUT2D eigenvalue weighted by Crippen LogP contribution is 2.59. The van der Waals surface area contributed by atoms with Gasteiger partial charge in [0.2, 0.25) is 0 Å². The van der Waals surface area contributed by atoms with E-state index in [0.717, 1.165) is 0 Å². The molecule has 2 aliphatic heterocycles. The molecule has 0 radical (unpaired) electrons. The summed E-state index contributed by atoms with van der Waals surface area (Å²) in [6.07, 6.45) is 0.575. The van der Waals surface area contributed by atoms with Gasteiger partial charge in [0.1, 0.15) is 13.2 Å². The van der Waals surface area contributed by atoms with Crippen molar-refractivity contribution in [2.45, 2.75) is 61.4 Å². The molecule has 12 nitrogen and oxygen atoms in total. The van der Waals surface area contributed by atoms with Crippen LogP contribution in [0.5, 0.6) is 11.5 Å². The Balaban J connectivity index is 0.999. The third kappa shape index (κ3) is 4.95. The van der Waals surface area contributed by atoms with E-state index in [-0.39, 0.29) is 48.6 Å². The van der Waals surface area contributed by atoms with E-state index in [9.17, 15) is 28.6 Å². The number of likely N-dealkylation sites (tertiary alicyclic amines) is 2. The highest BCUT2D eigenvalue weighted by atomic mass is 19.1. The van der Waals surface area contributed by atoms with E-state index in [1.54, 1.807) is 36.0 Å². The zero-order valence-electron chi connectivity index (χ0n) is 23.1. The van der Waals surface area contributed by atoms with Gasteiger partial charge in [-0.3, -0.25) is 9.80 Å². The number of likely N-dealkylation sites (N-methyl/N-ethyl adjacent to an activating group) is 2. The number of fused-ring (bicyclic) bond motifs is 2. The van der Waals surface area contributed by atoms with Crippen molar-refractivity contribution in [2.24, 2.45) is 11.8 Å². The van der Waals surface area contributed by atoms with Gasteiger partial charge in [0, 0.05) is 49.2 Å². The Morgan fingerprint density at radius 1 is 0.857 bits per heavy atom. The van der Waals surface area contributed by atoms with Crippen LogP contribution in [-0.4, -0.2) is 105 Å². The van der Waals surface area contributed by atoms with Crippen LogP contribution in [0.15, 0.2) is 36.7 Å². The predicted molar refractivity (Wildman–Crippen MR) is 138 cm³/mol. The number of rotatable bonds is 11. The number of carbonyl (C=O) groups excluding carboxylic acids is 2. The molecule has 2 aromatic heterocycles. The predicted octanol–water partition coefficient (Wildman–Crippen LogP) is 0.861. The standard InChI is InChI=1S/C28H32F2N4O8/c1-33-17(13-39-19-5-3-7-31-23(19)29)9-15-11-27(15,33)41-25(37)21(35)22(36)26(38)42-28-12-16(28)10-18(34(28)2)14-40-20-6-4-8-32-24(20)30/h3-8,15-18,21-22,35-36H,9-14H2,1-2H3. The summed E-state index contributed by atoms with van der Waals surface area (Å²) in [7, 11) is 3.46. The number of pyridine rings is 2. The zero-order valence-corrected chi connectivity index (χ0v) is 23.1. The normalized spacial score (nSPS) is 32.8. The van der Waals surface area contributed by atoms with Crippen LogP contribution >= 0.6 is 0 Å². The molecule has 0 bridgehead atoms. The average Bonchev–Trinajstić information content (AvgIpc) is 3.82. The van der Waals surface area contributed by atoms with Crippen LogP contribution in [0.3, 0.4) is 0 Å². The lowest BCUT2D eigenvalue weighted by molar-refractivity contribution is -0.192. The van der Waals surface area contributed by atoms with E-state index in [2.05, 4.69) is 9.97 Å². The van der Waals surface area contributed by atoms with Crippen LogP contribution in [0.1, 0.15) is 25.7 Å². The number of carbonyl (C=O) groups is 2. The van der Waals surface area contributed by atoms with Crippen molar-refractivity contribution in [3.05, 3.63) is 48.6 Å². The van der Waals surface area contributed by atoms with Gasteiger partial charge < -0.3 is 29.2 Å². The topological polar surface area (TPSA) is 144 Å². The highest BCUT2D eigenvalue weighted by molar-refractivity contribution is 5.86. The summed E-state index contributed by atoms with van der Waals surface area (Å²) in [5.74, 6) is -3.79. The van der Waals surface area contributed by atoms with Gasteiger partial charge >= 0.3 is 11.9 Å². The number of aliphatic hydroxyl groups excluding tert-OH is 2. The van der Waals surface area contributed by atoms with E-state index in [4.69, 9.17) is 18.9 Å². The Hall–Kier alpha value is -3.46. The third-order valence-corrected chi connectivity index (χ3v) is 9.08. The minimum Gasteiger partial charge on any atom is -0.487 e. The van der Waals surface area contributed by atoms with Gasteiger partial charge in [-0.25, -0.2) is 19.6 Å². The maximum atomic E-state index is 13.8. The largest absolute Gasteiger partial charge is 0.487 e. The van der Waals surface area contributed by atoms with Crippen molar-refractivity contribution in [1.82, 2.24) is 19.8 Å². The first kappa shape index (κ1) is 28.6. The van der Waals surface area contributed by atoms with Gasteiger partial charge in [-0.2, -0.15) is 8.78 Å². The highest BCUT2D eigenvalue weighted by Gasteiger charge is 2.69. The molecule has 2 aliphatic carbocycles. The van der Waals surface area contributed by atoms with Crippen LogP contribution < -0.4 is 9.47 Å². The van der Waals surface area contributed by atoms with Crippen molar-refractivity contribution >= 4 is 11.9 Å². The Morgan fingerprint density at radius 3 is 1.64 bits per heavy atom. The van der Waals surface area contributed by atoms with Crippen molar-refractivity contribution < 1.29 is 47.5 Å². The lowest BCUT2D eigenvalue weighted by Crippen LogP contribution is -2.50. The summed E-state index contributed by atoms with van der Waals surface area (Å²) in [6, 6.07) is 5.66. The third-order valence-electron chi connectivity index (χ3n) is 9.08. The molecule has 0 spiro atoms. The summed E-state index contributed by atoms with van der Waals surface area (Å²) in [4.78, 5) is 36.3. The second-order valence-corrected chi connectivity index (χ2v) is 11.4. The van der Waals surface area contributed by atoms with Gasteiger partial charge in [-0.05, 0) is 51.2 Å². The fourth-order valence-corrected chi connectivity index (χ4v) is 6.39. The fourth-order valence-electron chi connectivity index (χ4n) is 6.39. The molecule has 2 N–H and O–H groups in total. The van der Waals surface area contributed by atoms with Gasteiger partial charge in [-0.1, -0.05) is 0 Å². The molecule has 42 heavy (non-hydrogen) atoms. The monoisotopic (exact) mass is 590 g/mol. The molecule has 8 atom stereocenters. The molecule has 2 saturated carbocycles. The molecule has 2 saturated heterocycles. The molecule has 2 aromatic rings. The summed E-state index contributed by atoms with van der Waals surface area (Å²) in [6.45, 7) is 0.263. The van der Waals surface area contributed by atoms with Gasteiger partial charge in [0.25, 0.3) is 11.9 Å². The lowest BCUT2D eigenvalue weighted by Gasteiger charge is -2.31. The smallest absolute Gasteiger partial charge is 0.340 e. The molecule has 14 heteroatoms. The number of aliphatic hydroxyl groups is 2. The molecule has 226 valence electrons. The molecule has 4 fully saturated rings. The van der Waals surface area contributed by atoms with E-state index in [1.807, 2.05) is 0 Å². The van der Waals surface area contributed by atoms with Crippen molar-refractivity contribution in [2.75, 3.05) is 27.3 Å². The second kappa shape index (κ2) is 10.7. The quantitative estimate of drug-likeness (QED) is 0.283. The van der Waals surface area contributed by atoms with Gasteiger partial charge in [0.05, 0.1) is 0 Å². The molecule has 4 aliphatic rings. The second-order valence-electron chi connectivity index (χ2n) is 11.4. The lowest BCUT2D eigenvalue weighted by atomic mass is 10.2. The fraction of sp³-hybridized carbons (Fsp3) is 0.571. The molecule has 4 heterocycles. The number of ether oxygens (including phenoxy) is 4. The van der Waals surface area contributed by atoms with E-state index in [0.29, 0.717) is 25.7 Å². The number of esters is 2. The Labute approximate surface area is 240 Å². The van der Waals surface area contributed by atoms with Crippen LogP contribution in [0.4, 0.5) is 8.78 Å². The summed E-state index contributed by atoms with van der Waals surface area (Å²) in [5.41, 5.74) is -2.01. The molecule has 0 aromatic carbocycles. The summed E-state index contributed by atoms with van der Waals surface area (Å²) >= 11 is 0. The van der Waals surface area contributed by atoms with Gasteiger partial charge in [-0.15, -0.1) is 0 Å². The first-order chi connectivity index (χ1) is 20.1. The molecule has 0 amide bonds. The maximum absolute atomic E-state index is 13.8. The van der Waals surface area contributed by atoms with E-state index < -0.39 is 47.5 Å². The van der Waals surface area contributed by atoms with Gasteiger partial charge in [0.15, 0.2) is 35.2 Å². The number of nitrogens with zero attached hydrogens (tertiary/aromatic N) is 4. The number of hydrogen-bond donors (Lipinski definition) is 2. The molecule has 8 unspecified atom stereocenters. The van der Waals surface area contributed by atoms with Crippen molar-refractivity contribution in [3.8, 4) is 11.5 Å². The Bertz CT molecular complexity index is 1270. The van der Waals surface area contributed by atoms with Crippen LogP contribution in [0.25, 0.3) is 0 Å². The number of hydrogen-bond acceptors (Lipinski definition) is 12. The minimum atomic E-state index is -2.16. The Kier molecular flexibility index (Phi) is 7.28.